The van der Waals surface area contributed by atoms with Gasteiger partial charge < -0.3 is 20.4 Å². The highest BCUT2D eigenvalue weighted by Gasteiger charge is 2.30. The number of nitrogens with one attached hydrogen (secondary N) is 1. The zero-order chi connectivity index (χ0) is 19.1. The van der Waals surface area contributed by atoms with Crippen LogP contribution in [0.2, 0.25) is 0 Å². The minimum atomic E-state index is -0.647. The number of fused-ring (bicyclic) bond motifs is 1. The van der Waals surface area contributed by atoms with Gasteiger partial charge in [0.05, 0.1) is 22.0 Å². The molecule has 4 rings (SSSR count). The predicted molar refractivity (Wildman–Crippen MR) is 103 cm³/mol. The predicted octanol–water partition coefficient (Wildman–Crippen LogP) is 3.01. The molecule has 0 fully saturated rings. The number of benzene rings is 2. The van der Waals surface area contributed by atoms with E-state index in [0.717, 1.165) is 10.2 Å². The largest absolute Gasteiger partial charge is 0.509 e. The van der Waals surface area contributed by atoms with Gasteiger partial charge in [-0.3, -0.25) is 5.41 Å². The first-order chi connectivity index (χ1) is 13.0. The van der Waals surface area contributed by atoms with Crippen molar-refractivity contribution in [3.63, 3.8) is 0 Å². The van der Waals surface area contributed by atoms with Crippen molar-refractivity contribution in [2.45, 2.75) is 0 Å². The molecule has 1 aliphatic rings. The molecule has 3 aromatic rings. The van der Waals surface area contributed by atoms with E-state index in [-0.39, 0.29) is 23.7 Å². The fourth-order valence-electron chi connectivity index (χ4n) is 2.69. The molecule has 2 aromatic carbocycles. The lowest BCUT2D eigenvalue weighted by molar-refractivity contribution is 0.357. The maximum absolute atomic E-state index is 10.3. The van der Waals surface area contributed by atoms with Crippen molar-refractivity contribution in [1.82, 2.24) is 9.99 Å². The monoisotopic (exact) mass is 382 g/mol. The molecule has 0 saturated heterocycles. The standard InChI is InChI=1S/C18H14N4O4S/c19-17-14(18-21-10-3-1-2-4-13(10)27-18)12(24)8-22(17)20-7-9-5-6-11(23)16(26)15(9)25/h1-7,19,23-26H,8H2. The molecule has 2 heterocycles. The molecule has 27 heavy (non-hydrogen) atoms. The zero-order valence-corrected chi connectivity index (χ0v) is 14.6. The van der Waals surface area contributed by atoms with Crippen molar-refractivity contribution in [3.8, 4) is 17.2 Å². The molecule has 0 amide bonds. The normalized spacial score (nSPS) is 14.8. The van der Waals surface area contributed by atoms with Gasteiger partial charge in [0, 0.05) is 5.56 Å². The topological polar surface area (TPSA) is 133 Å². The van der Waals surface area contributed by atoms with Crippen LogP contribution in [0.1, 0.15) is 10.6 Å². The Bertz CT molecular complexity index is 1100. The highest BCUT2D eigenvalue weighted by atomic mass is 32.1. The van der Waals surface area contributed by atoms with Gasteiger partial charge >= 0.3 is 0 Å². The Balaban J connectivity index is 1.61. The van der Waals surface area contributed by atoms with E-state index in [9.17, 15) is 20.4 Å². The van der Waals surface area contributed by atoms with Crippen LogP contribution in [0.4, 0.5) is 0 Å². The molecule has 1 aliphatic heterocycles. The zero-order valence-electron chi connectivity index (χ0n) is 13.8. The molecule has 0 unspecified atom stereocenters. The lowest BCUT2D eigenvalue weighted by atomic mass is 10.2. The minimum Gasteiger partial charge on any atom is -0.509 e. The van der Waals surface area contributed by atoms with E-state index < -0.39 is 17.2 Å². The number of rotatable bonds is 3. The van der Waals surface area contributed by atoms with Gasteiger partial charge in [-0.25, -0.2) is 9.99 Å². The summed E-state index contributed by atoms with van der Waals surface area (Å²) in [5, 5.41) is 53.2. The van der Waals surface area contributed by atoms with E-state index >= 15 is 0 Å². The third-order valence-corrected chi connectivity index (χ3v) is 5.14. The molecular formula is C18H14N4O4S. The van der Waals surface area contributed by atoms with Gasteiger partial charge in [-0.15, -0.1) is 11.3 Å². The summed E-state index contributed by atoms with van der Waals surface area (Å²) >= 11 is 1.38. The van der Waals surface area contributed by atoms with Crippen LogP contribution in [-0.4, -0.2) is 49.0 Å². The van der Waals surface area contributed by atoms with Crippen molar-refractivity contribution in [3.05, 3.63) is 52.7 Å². The maximum atomic E-state index is 10.3. The van der Waals surface area contributed by atoms with Gasteiger partial charge in [0.1, 0.15) is 17.3 Å². The molecule has 136 valence electrons. The quantitative estimate of drug-likeness (QED) is 0.349. The van der Waals surface area contributed by atoms with Crippen LogP contribution in [0.25, 0.3) is 15.8 Å². The van der Waals surface area contributed by atoms with E-state index in [4.69, 9.17) is 5.41 Å². The summed E-state index contributed by atoms with van der Waals surface area (Å²) in [7, 11) is 0. The summed E-state index contributed by atoms with van der Waals surface area (Å²) in [6.45, 7) is -0.00851. The van der Waals surface area contributed by atoms with Crippen LogP contribution in [-0.2, 0) is 0 Å². The Kier molecular flexibility index (Phi) is 3.93. The maximum Gasteiger partial charge on any atom is 0.200 e. The summed E-state index contributed by atoms with van der Waals surface area (Å²) in [5.74, 6) is -1.66. The number of para-hydroxylation sites is 1. The SMILES string of the molecule is N=C1C(c2nc3ccccc3s2)=C(O)CN1N=Cc1ccc(O)c(O)c1O. The fraction of sp³-hybridized carbons (Fsp3) is 0.0556. The Hall–Kier alpha value is -3.59. The first-order valence-corrected chi connectivity index (χ1v) is 8.69. The number of nitrogens with zero attached hydrogens (tertiary/aromatic N) is 3. The first-order valence-electron chi connectivity index (χ1n) is 7.88. The summed E-state index contributed by atoms with van der Waals surface area (Å²) in [4.78, 5) is 4.46. The summed E-state index contributed by atoms with van der Waals surface area (Å²) in [6, 6.07) is 10.1. The Labute approximate surface area is 157 Å². The Morgan fingerprint density at radius 1 is 1.07 bits per heavy atom. The molecule has 0 saturated carbocycles. The third kappa shape index (κ3) is 2.83. The number of aromatic nitrogens is 1. The third-order valence-electron chi connectivity index (χ3n) is 4.09. The molecule has 0 bridgehead atoms. The highest BCUT2D eigenvalue weighted by molar-refractivity contribution is 7.19. The highest BCUT2D eigenvalue weighted by Crippen LogP contribution is 2.37. The molecular weight excluding hydrogens is 368 g/mol. The number of aliphatic hydroxyl groups is 1. The number of amidine groups is 1. The lowest BCUT2D eigenvalue weighted by Crippen LogP contribution is -2.20. The number of aliphatic hydroxyl groups excluding tert-OH is 1. The molecule has 0 radical (unpaired) electrons. The second-order valence-electron chi connectivity index (χ2n) is 5.83. The van der Waals surface area contributed by atoms with E-state index in [1.54, 1.807) is 0 Å². The molecule has 0 atom stereocenters. The van der Waals surface area contributed by atoms with E-state index in [1.165, 1.54) is 34.7 Å². The van der Waals surface area contributed by atoms with Crippen LogP contribution in [0, 0.1) is 5.41 Å². The van der Waals surface area contributed by atoms with Crippen molar-refractivity contribution < 1.29 is 20.4 Å². The van der Waals surface area contributed by atoms with Crippen LogP contribution < -0.4 is 0 Å². The van der Waals surface area contributed by atoms with Crippen LogP contribution in [0.5, 0.6) is 17.2 Å². The van der Waals surface area contributed by atoms with E-state index in [2.05, 4.69) is 10.1 Å². The molecule has 1 aromatic heterocycles. The molecule has 8 nitrogen and oxygen atoms in total. The summed E-state index contributed by atoms with van der Waals surface area (Å²) < 4.78 is 0.951. The van der Waals surface area contributed by atoms with E-state index in [1.807, 2.05) is 24.3 Å². The summed E-state index contributed by atoms with van der Waals surface area (Å²) in [6.07, 6.45) is 1.23. The van der Waals surface area contributed by atoms with Gasteiger partial charge in [0.2, 0.25) is 5.75 Å². The molecule has 0 aliphatic carbocycles. The van der Waals surface area contributed by atoms with Gasteiger partial charge in [0.25, 0.3) is 0 Å². The van der Waals surface area contributed by atoms with Crippen molar-refractivity contribution in [1.29, 1.82) is 5.41 Å². The number of hydrogen-bond acceptors (Lipinski definition) is 8. The number of hydrazone groups is 1. The van der Waals surface area contributed by atoms with Crippen LogP contribution in [0.3, 0.4) is 0 Å². The van der Waals surface area contributed by atoms with Crippen LogP contribution in [0.15, 0.2) is 47.3 Å². The van der Waals surface area contributed by atoms with Gasteiger partial charge in [0.15, 0.2) is 17.3 Å². The Morgan fingerprint density at radius 2 is 1.85 bits per heavy atom. The number of phenols is 3. The number of hydrogen-bond donors (Lipinski definition) is 5. The average molecular weight is 382 g/mol. The Morgan fingerprint density at radius 3 is 2.63 bits per heavy atom. The average Bonchev–Trinajstić information content (AvgIpc) is 3.19. The van der Waals surface area contributed by atoms with Gasteiger partial charge in [-0.1, -0.05) is 12.1 Å². The number of phenolic OH excluding ortho intramolecular Hbond substituents is 3. The molecule has 9 heteroatoms. The first kappa shape index (κ1) is 16.9. The van der Waals surface area contributed by atoms with Gasteiger partial charge in [-0.05, 0) is 24.3 Å². The minimum absolute atomic E-state index is 0.00851. The van der Waals surface area contributed by atoms with Crippen molar-refractivity contribution >= 4 is 39.2 Å². The van der Waals surface area contributed by atoms with Gasteiger partial charge in [-0.2, -0.15) is 5.10 Å². The molecule has 5 N–H and O–H groups in total. The number of thiazole rings is 1. The second kappa shape index (κ2) is 6.29. The fourth-order valence-corrected chi connectivity index (χ4v) is 3.72. The van der Waals surface area contributed by atoms with Crippen molar-refractivity contribution in [2.75, 3.05) is 6.54 Å². The smallest absolute Gasteiger partial charge is 0.200 e. The van der Waals surface area contributed by atoms with Crippen molar-refractivity contribution in [2.24, 2.45) is 5.10 Å². The second-order valence-corrected chi connectivity index (χ2v) is 6.86. The van der Waals surface area contributed by atoms with E-state index in [0.29, 0.717) is 10.6 Å². The lowest BCUT2D eigenvalue weighted by Gasteiger charge is -2.11. The van der Waals surface area contributed by atoms with Crippen LogP contribution >= 0.6 is 11.3 Å². The molecule has 0 spiro atoms. The summed E-state index contributed by atoms with van der Waals surface area (Å²) in [5.41, 5.74) is 1.26. The number of aromatic hydroxyl groups is 3.